The van der Waals surface area contributed by atoms with Crippen LogP contribution in [0.1, 0.15) is 29.3 Å². The van der Waals surface area contributed by atoms with Gasteiger partial charge in [0.05, 0.1) is 19.0 Å². The standard InChI is InChI=1S/C20H20F3N5O3/c1-2-5-30-15-4-3-12(21)6-11(15)8-27-14(17(22)23)10-31-16-9-28-19(26-20(16)27)13(7-25-28)18(24)29/h3-4,6-7,9,14,17H,2,5,8,10H2,1H3,(H2,24,29). The Morgan fingerprint density at radius 3 is 2.94 bits per heavy atom. The van der Waals surface area contributed by atoms with Crippen LogP contribution < -0.4 is 20.1 Å². The number of aromatic nitrogens is 3. The first-order valence-corrected chi connectivity index (χ1v) is 9.66. The Morgan fingerprint density at radius 1 is 1.42 bits per heavy atom. The number of nitrogens with two attached hydrogens (primary N) is 1. The first kappa shape index (κ1) is 20.8. The highest BCUT2D eigenvalue weighted by Gasteiger charge is 2.36. The van der Waals surface area contributed by atoms with Crippen molar-refractivity contribution >= 4 is 17.4 Å². The third-order valence-electron chi connectivity index (χ3n) is 4.90. The van der Waals surface area contributed by atoms with Gasteiger partial charge in [-0.05, 0) is 24.6 Å². The third kappa shape index (κ3) is 3.94. The first-order chi connectivity index (χ1) is 14.9. The lowest BCUT2D eigenvalue weighted by Gasteiger charge is -2.37. The number of nitrogens with zero attached hydrogens (tertiary/aromatic N) is 4. The molecule has 0 bridgehead atoms. The minimum Gasteiger partial charge on any atom is -0.493 e. The fourth-order valence-corrected chi connectivity index (χ4v) is 3.40. The maximum Gasteiger partial charge on any atom is 0.261 e. The van der Waals surface area contributed by atoms with Gasteiger partial charge in [0.25, 0.3) is 12.3 Å². The third-order valence-corrected chi connectivity index (χ3v) is 4.90. The molecule has 1 atom stereocenters. The maximum atomic E-state index is 14.0. The van der Waals surface area contributed by atoms with Gasteiger partial charge in [-0.1, -0.05) is 6.92 Å². The summed E-state index contributed by atoms with van der Waals surface area (Å²) < 4.78 is 54.1. The molecule has 3 heterocycles. The van der Waals surface area contributed by atoms with Crippen LogP contribution in [0, 0.1) is 5.82 Å². The molecule has 2 N–H and O–H groups in total. The predicted molar refractivity (Wildman–Crippen MR) is 105 cm³/mol. The summed E-state index contributed by atoms with van der Waals surface area (Å²) in [6.07, 6.45) is 0.654. The molecule has 1 unspecified atom stereocenters. The van der Waals surface area contributed by atoms with Gasteiger partial charge in [-0.3, -0.25) is 4.79 Å². The number of amides is 1. The van der Waals surface area contributed by atoms with Crippen molar-refractivity contribution in [1.82, 2.24) is 14.6 Å². The summed E-state index contributed by atoms with van der Waals surface area (Å²) in [5.41, 5.74) is 5.90. The second kappa shape index (κ2) is 8.32. The molecule has 164 valence electrons. The van der Waals surface area contributed by atoms with Gasteiger partial charge in [0, 0.05) is 12.1 Å². The number of primary amides is 1. The number of rotatable bonds is 7. The molecule has 0 saturated carbocycles. The first-order valence-electron chi connectivity index (χ1n) is 9.66. The van der Waals surface area contributed by atoms with Crippen LogP contribution >= 0.6 is 0 Å². The summed E-state index contributed by atoms with van der Waals surface area (Å²) in [4.78, 5) is 17.4. The minimum atomic E-state index is -2.76. The quantitative estimate of drug-likeness (QED) is 0.613. The Bertz CT molecular complexity index is 1120. The average Bonchev–Trinajstić information content (AvgIpc) is 3.15. The molecule has 1 aliphatic heterocycles. The van der Waals surface area contributed by atoms with Crippen LogP contribution in [-0.4, -0.2) is 46.2 Å². The van der Waals surface area contributed by atoms with Crippen LogP contribution in [0.2, 0.25) is 0 Å². The van der Waals surface area contributed by atoms with Gasteiger partial charge in [0.1, 0.15) is 29.8 Å². The van der Waals surface area contributed by atoms with Crippen molar-refractivity contribution in [1.29, 1.82) is 0 Å². The number of carbonyl (C=O) groups excluding carboxylic acids is 1. The summed E-state index contributed by atoms with van der Waals surface area (Å²) in [6.45, 7) is 1.91. The van der Waals surface area contributed by atoms with Crippen molar-refractivity contribution in [2.75, 3.05) is 18.1 Å². The van der Waals surface area contributed by atoms with E-state index in [4.69, 9.17) is 15.2 Å². The maximum absolute atomic E-state index is 14.0. The lowest BCUT2D eigenvalue weighted by Crippen LogP contribution is -2.47. The van der Waals surface area contributed by atoms with Crippen LogP contribution in [0.25, 0.3) is 5.65 Å². The van der Waals surface area contributed by atoms with Crippen LogP contribution in [0.15, 0.2) is 30.6 Å². The zero-order chi connectivity index (χ0) is 22.1. The highest BCUT2D eigenvalue weighted by molar-refractivity contribution is 5.98. The second-order valence-corrected chi connectivity index (χ2v) is 7.06. The van der Waals surface area contributed by atoms with Gasteiger partial charge in [0.15, 0.2) is 17.2 Å². The van der Waals surface area contributed by atoms with Gasteiger partial charge in [-0.15, -0.1) is 0 Å². The molecule has 1 aromatic carbocycles. The largest absolute Gasteiger partial charge is 0.493 e. The molecule has 1 amide bonds. The van der Waals surface area contributed by atoms with E-state index in [1.165, 1.54) is 40.0 Å². The van der Waals surface area contributed by atoms with Crippen LogP contribution in [0.5, 0.6) is 11.5 Å². The fourth-order valence-electron chi connectivity index (χ4n) is 3.40. The van der Waals surface area contributed by atoms with Gasteiger partial charge < -0.3 is 20.1 Å². The molecule has 0 spiro atoms. The van der Waals surface area contributed by atoms with E-state index in [9.17, 15) is 18.0 Å². The van der Waals surface area contributed by atoms with E-state index in [2.05, 4.69) is 10.1 Å². The van der Waals surface area contributed by atoms with Gasteiger partial charge >= 0.3 is 0 Å². The Hall–Kier alpha value is -3.50. The molecule has 8 nitrogen and oxygen atoms in total. The predicted octanol–water partition coefficient (Wildman–Crippen LogP) is 2.79. The van der Waals surface area contributed by atoms with Crippen LogP contribution in [0.4, 0.5) is 19.0 Å². The molecule has 0 saturated heterocycles. The number of benzene rings is 1. The van der Waals surface area contributed by atoms with Crippen molar-refractivity contribution in [2.45, 2.75) is 32.4 Å². The van der Waals surface area contributed by atoms with Gasteiger partial charge in [-0.25, -0.2) is 22.7 Å². The zero-order valence-corrected chi connectivity index (χ0v) is 16.6. The molecule has 3 aromatic rings. The highest BCUT2D eigenvalue weighted by atomic mass is 19.3. The zero-order valence-electron chi connectivity index (χ0n) is 16.6. The number of alkyl halides is 2. The monoisotopic (exact) mass is 435 g/mol. The molecule has 0 radical (unpaired) electrons. The summed E-state index contributed by atoms with van der Waals surface area (Å²) in [5.74, 6) is -0.589. The fraction of sp³-hybridized carbons (Fsp3) is 0.350. The Kier molecular flexibility index (Phi) is 5.57. The summed E-state index contributed by atoms with van der Waals surface area (Å²) >= 11 is 0. The molecule has 2 aromatic heterocycles. The van der Waals surface area contributed by atoms with Crippen LogP contribution in [-0.2, 0) is 6.54 Å². The number of hydrogen-bond acceptors (Lipinski definition) is 6. The number of hydrogen-bond donors (Lipinski definition) is 1. The number of carbonyl (C=O) groups is 1. The smallest absolute Gasteiger partial charge is 0.261 e. The lowest BCUT2D eigenvalue weighted by molar-refractivity contribution is 0.0766. The number of halogens is 3. The van der Waals surface area contributed by atoms with Crippen molar-refractivity contribution in [3.05, 3.63) is 47.5 Å². The van der Waals surface area contributed by atoms with E-state index in [0.29, 0.717) is 17.9 Å². The lowest BCUT2D eigenvalue weighted by atomic mass is 10.1. The molecular formula is C20H20F3N5O3. The van der Waals surface area contributed by atoms with E-state index >= 15 is 0 Å². The SMILES string of the molecule is CCCOc1ccc(F)cc1CN1c2nc3c(C(N)=O)cnn3cc2OCC1C(F)F. The Balaban J connectivity index is 1.80. The summed E-state index contributed by atoms with van der Waals surface area (Å²) in [6, 6.07) is 2.62. The van der Waals surface area contributed by atoms with E-state index < -0.39 is 24.2 Å². The molecule has 0 fully saturated rings. The molecule has 11 heteroatoms. The van der Waals surface area contributed by atoms with Crippen molar-refractivity contribution in [3.8, 4) is 11.5 Å². The van der Waals surface area contributed by atoms with Crippen LogP contribution in [0.3, 0.4) is 0 Å². The minimum absolute atomic E-state index is 0.0413. The molecule has 31 heavy (non-hydrogen) atoms. The summed E-state index contributed by atoms with van der Waals surface area (Å²) in [7, 11) is 0. The molecule has 4 rings (SSSR count). The average molecular weight is 435 g/mol. The van der Waals surface area contributed by atoms with Gasteiger partial charge in [0.2, 0.25) is 0 Å². The van der Waals surface area contributed by atoms with E-state index in [1.54, 1.807) is 0 Å². The van der Waals surface area contributed by atoms with E-state index in [1.807, 2.05) is 6.92 Å². The summed E-state index contributed by atoms with van der Waals surface area (Å²) in [5, 5.41) is 4.01. The second-order valence-electron chi connectivity index (χ2n) is 7.06. The highest BCUT2D eigenvalue weighted by Crippen LogP contribution is 2.37. The molecular weight excluding hydrogens is 415 g/mol. The number of ether oxygens (including phenoxy) is 2. The van der Waals surface area contributed by atoms with Crippen molar-refractivity contribution < 1.29 is 27.4 Å². The van der Waals surface area contributed by atoms with E-state index in [-0.39, 0.29) is 35.9 Å². The number of anilines is 1. The number of fused-ring (bicyclic) bond motifs is 2. The van der Waals surface area contributed by atoms with Crippen molar-refractivity contribution in [2.24, 2.45) is 5.73 Å². The molecule has 0 aliphatic carbocycles. The Morgan fingerprint density at radius 2 is 2.23 bits per heavy atom. The van der Waals surface area contributed by atoms with Gasteiger partial charge in [-0.2, -0.15) is 5.10 Å². The normalized spacial score (nSPS) is 15.8. The van der Waals surface area contributed by atoms with Crippen molar-refractivity contribution in [3.63, 3.8) is 0 Å². The topological polar surface area (TPSA) is 95.0 Å². The molecule has 1 aliphatic rings. The van der Waals surface area contributed by atoms with E-state index in [0.717, 1.165) is 6.42 Å². The Labute approximate surface area is 175 Å².